The number of carbonyl (C=O) groups excluding carboxylic acids is 3. The van der Waals surface area contributed by atoms with Crippen LogP contribution in [-0.4, -0.2) is 59.2 Å². The summed E-state index contributed by atoms with van der Waals surface area (Å²) in [7, 11) is 1.60. The first-order chi connectivity index (χ1) is 18.5. The van der Waals surface area contributed by atoms with E-state index in [0.29, 0.717) is 35.3 Å². The van der Waals surface area contributed by atoms with Crippen molar-refractivity contribution >= 4 is 67.6 Å². The predicted molar refractivity (Wildman–Crippen MR) is 152 cm³/mol. The molecule has 198 valence electrons. The van der Waals surface area contributed by atoms with Crippen LogP contribution in [0.2, 0.25) is 0 Å². The van der Waals surface area contributed by atoms with Crippen LogP contribution in [0.3, 0.4) is 0 Å². The third-order valence-corrected chi connectivity index (χ3v) is 7.93. The third-order valence-electron chi connectivity index (χ3n) is 5.21. The first kappa shape index (κ1) is 27.7. The number of anilines is 1. The summed E-state index contributed by atoms with van der Waals surface area (Å²) in [4.78, 5) is 46.4. The number of nitrogens with zero attached hydrogens (tertiary/aromatic N) is 3. The SMILES string of the molecule is CCOC(=O)c1ccc2c(c1)sc(=NC(=O)CSCC(=O)Nc1nc(-c3ccccc3)cs1)n2CCOC. The summed E-state index contributed by atoms with van der Waals surface area (Å²) in [6.07, 6.45) is 0. The molecule has 0 saturated heterocycles. The van der Waals surface area contributed by atoms with Crippen LogP contribution < -0.4 is 10.1 Å². The standard InChI is InChI=1S/C26H26N4O5S3/c1-3-35-24(33)18-9-10-20-21(13-18)38-26(30(20)11-12-34-2)29-23(32)16-36-15-22(31)28-25-27-19(14-37-25)17-7-5-4-6-8-17/h4-10,13-14H,3,11-12,15-16H2,1-2H3,(H,27,28,31). The Kier molecular flexibility index (Phi) is 9.82. The van der Waals surface area contributed by atoms with Gasteiger partial charge >= 0.3 is 5.97 Å². The lowest BCUT2D eigenvalue weighted by molar-refractivity contribution is -0.115. The number of aromatic nitrogens is 2. The summed E-state index contributed by atoms with van der Waals surface area (Å²) in [6.45, 7) is 2.98. The second kappa shape index (κ2) is 13.5. The van der Waals surface area contributed by atoms with Gasteiger partial charge < -0.3 is 19.4 Å². The van der Waals surface area contributed by atoms with Crippen molar-refractivity contribution in [2.75, 3.05) is 37.1 Å². The van der Waals surface area contributed by atoms with Gasteiger partial charge in [-0.25, -0.2) is 9.78 Å². The smallest absolute Gasteiger partial charge is 0.338 e. The van der Waals surface area contributed by atoms with Crippen LogP contribution >= 0.6 is 34.4 Å². The Labute approximate surface area is 231 Å². The molecular formula is C26H26N4O5S3. The van der Waals surface area contributed by atoms with E-state index in [1.165, 1.54) is 34.4 Å². The monoisotopic (exact) mass is 570 g/mol. The van der Waals surface area contributed by atoms with Crippen molar-refractivity contribution in [3.05, 3.63) is 64.3 Å². The number of hydrogen-bond donors (Lipinski definition) is 1. The average Bonchev–Trinajstić information content (AvgIpc) is 3.51. The number of esters is 1. The number of methoxy groups -OCH3 is 1. The zero-order valence-corrected chi connectivity index (χ0v) is 23.3. The quantitative estimate of drug-likeness (QED) is 0.265. The Morgan fingerprint density at radius 1 is 1.13 bits per heavy atom. The number of ether oxygens (including phenoxy) is 2. The first-order valence-corrected chi connectivity index (χ1v) is 14.6. The maximum absolute atomic E-state index is 12.6. The predicted octanol–water partition coefficient (Wildman–Crippen LogP) is 4.45. The van der Waals surface area contributed by atoms with Gasteiger partial charge in [0.05, 0.1) is 46.2 Å². The molecule has 0 atom stereocenters. The summed E-state index contributed by atoms with van der Waals surface area (Å²) in [5.41, 5.74) is 3.06. The molecule has 0 fully saturated rings. The van der Waals surface area contributed by atoms with E-state index >= 15 is 0 Å². The van der Waals surface area contributed by atoms with Crippen molar-refractivity contribution in [2.45, 2.75) is 13.5 Å². The van der Waals surface area contributed by atoms with E-state index in [2.05, 4.69) is 15.3 Å². The molecule has 4 aromatic rings. The fraction of sp³-hybridized carbons (Fsp3) is 0.269. The van der Waals surface area contributed by atoms with Crippen LogP contribution in [0.5, 0.6) is 0 Å². The van der Waals surface area contributed by atoms with Gasteiger partial charge in [-0.05, 0) is 25.1 Å². The Morgan fingerprint density at radius 3 is 2.71 bits per heavy atom. The van der Waals surface area contributed by atoms with Crippen molar-refractivity contribution < 1.29 is 23.9 Å². The van der Waals surface area contributed by atoms with Gasteiger partial charge in [-0.3, -0.25) is 9.59 Å². The Balaban J connectivity index is 1.39. The maximum Gasteiger partial charge on any atom is 0.338 e. The van der Waals surface area contributed by atoms with Gasteiger partial charge in [0.15, 0.2) is 9.93 Å². The number of fused-ring (bicyclic) bond motifs is 1. The normalized spacial score (nSPS) is 11.6. The third kappa shape index (κ3) is 7.16. The zero-order valence-electron chi connectivity index (χ0n) is 20.8. The molecule has 1 N–H and O–H groups in total. The Morgan fingerprint density at radius 2 is 1.95 bits per heavy atom. The molecule has 2 heterocycles. The first-order valence-electron chi connectivity index (χ1n) is 11.7. The highest BCUT2D eigenvalue weighted by atomic mass is 32.2. The molecule has 0 saturated carbocycles. The lowest BCUT2D eigenvalue weighted by Gasteiger charge is -2.05. The van der Waals surface area contributed by atoms with Gasteiger partial charge in [-0.1, -0.05) is 41.7 Å². The van der Waals surface area contributed by atoms with E-state index in [0.717, 1.165) is 21.5 Å². The molecule has 2 aromatic carbocycles. The van der Waals surface area contributed by atoms with Crippen LogP contribution in [0.1, 0.15) is 17.3 Å². The summed E-state index contributed by atoms with van der Waals surface area (Å²) in [5.74, 6) is -0.843. The zero-order chi connectivity index (χ0) is 26.9. The maximum atomic E-state index is 12.6. The van der Waals surface area contributed by atoms with E-state index in [1.54, 1.807) is 26.2 Å². The number of rotatable bonds is 11. The molecule has 12 heteroatoms. The van der Waals surface area contributed by atoms with E-state index in [4.69, 9.17) is 9.47 Å². The van der Waals surface area contributed by atoms with Crippen LogP contribution in [0.25, 0.3) is 21.5 Å². The molecule has 0 spiro atoms. The number of carbonyl (C=O) groups is 3. The molecule has 4 rings (SSSR count). The molecule has 9 nitrogen and oxygen atoms in total. The highest BCUT2D eigenvalue weighted by Crippen LogP contribution is 2.25. The lowest BCUT2D eigenvalue weighted by Crippen LogP contribution is -2.20. The van der Waals surface area contributed by atoms with Crippen molar-refractivity contribution in [2.24, 2.45) is 4.99 Å². The van der Waals surface area contributed by atoms with Crippen molar-refractivity contribution in [1.82, 2.24) is 9.55 Å². The van der Waals surface area contributed by atoms with E-state index in [9.17, 15) is 14.4 Å². The summed E-state index contributed by atoms with van der Waals surface area (Å²) in [5, 5.41) is 5.18. The molecule has 2 amide bonds. The van der Waals surface area contributed by atoms with Gasteiger partial charge in [0.1, 0.15) is 0 Å². The van der Waals surface area contributed by atoms with Crippen molar-refractivity contribution in [3.63, 3.8) is 0 Å². The van der Waals surface area contributed by atoms with Gasteiger partial charge in [-0.15, -0.1) is 23.1 Å². The lowest BCUT2D eigenvalue weighted by atomic mass is 10.2. The van der Waals surface area contributed by atoms with Gasteiger partial charge in [0.25, 0.3) is 5.91 Å². The van der Waals surface area contributed by atoms with Gasteiger partial charge in [0.2, 0.25) is 5.91 Å². The molecule has 38 heavy (non-hydrogen) atoms. The second-order valence-electron chi connectivity index (χ2n) is 7.88. The van der Waals surface area contributed by atoms with Crippen LogP contribution in [0.4, 0.5) is 5.13 Å². The number of nitrogens with one attached hydrogen (secondary N) is 1. The minimum atomic E-state index is -0.399. The van der Waals surface area contributed by atoms with E-state index < -0.39 is 5.97 Å². The fourth-order valence-electron chi connectivity index (χ4n) is 3.50. The molecule has 0 aliphatic heterocycles. The summed E-state index contributed by atoms with van der Waals surface area (Å²) in [6, 6.07) is 15.0. The summed E-state index contributed by atoms with van der Waals surface area (Å²) < 4.78 is 13.0. The second-order valence-corrected chi connectivity index (χ2v) is 10.7. The highest BCUT2D eigenvalue weighted by Gasteiger charge is 2.13. The molecule has 0 aliphatic rings. The summed E-state index contributed by atoms with van der Waals surface area (Å²) >= 11 is 3.85. The number of benzene rings is 2. The Bertz CT molecular complexity index is 1490. The fourth-order valence-corrected chi connectivity index (χ4v) is 5.94. The molecule has 2 aromatic heterocycles. The van der Waals surface area contributed by atoms with Crippen LogP contribution in [0.15, 0.2) is 58.9 Å². The Hall–Kier alpha value is -3.32. The number of thioether (sulfide) groups is 1. The molecule has 0 bridgehead atoms. The van der Waals surface area contributed by atoms with E-state index in [-0.39, 0.29) is 23.3 Å². The average molecular weight is 571 g/mol. The largest absolute Gasteiger partial charge is 0.462 e. The number of amides is 2. The van der Waals surface area contributed by atoms with Crippen molar-refractivity contribution in [1.29, 1.82) is 0 Å². The number of hydrogen-bond acceptors (Lipinski definition) is 9. The van der Waals surface area contributed by atoms with Gasteiger partial charge in [-0.2, -0.15) is 4.99 Å². The van der Waals surface area contributed by atoms with Crippen LogP contribution in [0, 0.1) is 0 Å². The molecule has 0 unspecified atom stereocenters. The topological polar surface area (TPSA) is 112 Å². The minimum Gasteiger partial charge on any atom is -0.462 e. The van der Waals surface area contributed by atoms with Crippen LogP contribution in [-0.2, 0) is 25.6 Å². The molecular weight excluding hydrogens is 545 g/mol. The van der Waals surface area contributed by atoms with Gasteiger partial charge in [0, 0.05) is 24.6 Å². The molecule has 0 aliphatic carbocycles. The molecule has 0 radical (unpaired) electrons. The number of thiazole rings is 2. The van der Waals surface area contributed by atoms with E-state index in [1.807, 2.05) is 46.3 Å². The highest BCUT2D eigenvalue weighted by molar-refractivity contribution is 8.00. The van der Waals surface area contributed by atoms with Crippen molar-refractivity contribution in [3.8, 4) is 11.3 Å². The minimum absolute atomic E-state index is 0.0488.